The van der Waals surface area contributed by atoms with Crippen LogP contribution in [0.1, 0.15) is 46.4 Å². The molecule has 2 atom stereocenters. The van der Waals surface area contributed by atoms with Crippen LogP contribution in [0.25, 0.3) is 0 Å². The summed E-state index contributed by atoms with van der Waals surface area (Å²) in [7, 11) is 0. The molecule has 1 saturated heterocycles. The average Bonchev–Trinajstić information content (AvgIpc) is 3.44. The van der Waals surface area contributed by atoms with Crippen LogP contribution in [0.5, 0.6) is 5.75 Å². The molecule has 162 valence electrons. The highest BCUT2D eigenvalue weighted by Crippen LogP contribution is 2.31. The number of aryl methyl sites for hydroxylation is 3. The number of rotatable bonds is 6. The average molecular weight is 416 g/mol. The molecule has 0 saturated carbocycles. The van der Waals surface area contributed by atoms with E-state index in [-0.39, 0.29) is 0 Å². The van der Waals surface area contributed by atoms with Gasteiger partial charge in [0.2, 0.25) is 0 Å². The number of hydrogen-bond acceptors (Lipinski definition) is 3. The fourth-order valence-corrected chi connectivity index (χ4v) is 5.46. The molecule has 4 heteroatoms. The quantitative estimate of drug-likeness (QED) is 0.614. The molecule has 3 aromatic rings. The maximum absolute atomic E-state index is 6.08. The summed E-state index contributed by atoms with van der Waals surface area (Å²) in [6, 6.07) is 15.5. The van der Waals surface area contributed by atoms with Gasteiger partial charge in [-0.25, -0.2) is 0 Å². The molecule has 0 spiro atoms. The van der Waals surface area contributed by atoms with Crippen LogP contribution in [0.4, 0.5) is 0 Å². The Morgan fingerprint density at radius 2 is 1.90 bits per heavy atom. The highest BCUT2D eigenvalue weighted by molar-refractivity contribution is 5.41. The Hall–Kier alpha value is -2.59. The van der Waals surface area contributed by atoms with E-state index in [9.17, 15) is 0 Å². The van der Waals surface area contributed by atoms with E-state index in [0.717, 1.165) is 24.5 Å². The number of likely N-dealkylation sites (tertiary alicyclic amines) is 1. The van der Waals surface area contributed by atoms with Crippen molar-refractivity contribution in [2.24, 2.45) is 5.92 Å². The molecule has 1 unspecified atom stereocenters. The van der Waals surface area contributed by atoms with Crippen molar-refractivity contribution in [3.05, 3.63) is 82.2 Å². The van der Waals surface area contributed by atoms with E-state index in [0.29, 0.717) is 12.6 Å². The molecule has 1 N–H and O–H groups in total. The first-order chi connectivity index (χ1) is 15.2. The molecule has 5 rings (SSSR count). The third-order valence-electron chi connectivity index (χ3n) is 7.23. The zero-order valence-electron chi connectivity index (χ0n) is 18.7. The van der Waals surface area contributed by atoms with Crippen LogP contribution in [0.2, 0.25) is 0 Å². The lowest BCUT2D eigenvalue weighted by Crippen LogP contribution is -2.37. The van der Waals surface area contributed by atoms with E-state index in [4.69, 9.17) is 4.74 Å². The standard InChI is InChI=1S/C27H33N3O/c1-19-12-25(31-18-21-6-4-3-5-7-21)13-20(2)26(19)14-22-10-11-30(17-22)24-8-9-27-23(15-24)16-28-29-27/h3-7,12-13,16,22,24H,8-11,14-15,17-18H2,1-2H3,(H,28,29)/t22-,24?/m0/s1. The Balaban J connectivity index is 1.19. The van der Waals surface area contributed by atoms with Gasteiger partial charge in [0.05, 0.1) is 6.20 Å². The minimum atomic E-state index is 0.621. The van der Waals surface area contributed by atoms with E-state index in [1.165, 1.54) is 65.9 Å². The molecule has 1 aliphatic heterocycles. The number of aromatic amines is 1. The number of fused-ring (bicyclic) bond motifs is 1. The highest BCUT2D eigenvalue weighted by atomic mass is 16.5. The topological polar surface area (TPSA) is 41.1 Å². The Labute approximate surface area is 185 Å². The van der Waals surface area contributed by atoms with Crippen molar-refractivity contribution >= 4 is 0 Å². The van der Waals surface area contributed by atoms with Gasteiger partial charge in [-0.2, -0.15) is 5.10 Å². The van der Waals surface area contributed by atoms with Crippen LogP contribution in [0.3, 0.4) is 0 Å². The molecule has 31 heavy (non-hydrogen) atoms. The van der Waals surface area contributed by atoms with Crippen LogP contribution in [0, 0.1) is 19.8 Å². The predicted octanol–water partition coefficient (Wildman–Crippen LogP) is 5.03. The molecule has 1 fully saturated rings. The van der Waals surface area contributed by atoms with Gasteiger partial charge in [0, 0.05) is 18.3 Å². The minimum Gasteiger partial charge on any atom is -0.489 e. The zero-order valence-corrected chi connectivity index (χ0v) is 18.7. The third-order valence-corrected chi connectivity index (χ3v) is 7.23. The zero-order chi connectivity index (χ0) is 21.2. The number of aromatic nitrogens is 2. The summed E-state index contributed by atoms with van der Waals surface area (Å²) >= 11 is 0. The fourth-order valence-electron chi connectivity index (χ4n) is 5.46. The van der Waals surface area contributed by atoms with Gasteiger partial charge in [-0.3, -0.25) is 10.00 Å². The monoisotopic (exact) mass is 415 g/mol. The molecular formula is C27H33N3O. The molecule has 0 radical (unpaired) electrons. The summed E-state index contributed by atoms with van der Waals surface area (Å²) in [6.07, 6.45) is 8.07. The van der Waals surface area contributed by atoms with E-state index in [2.05, 4.69) is 65.3 Å². The summed E-state index contributed by atoms with van der Waals surface area (Å²) in [6.45, 7) is 7.57. The van der Waals surface area contributed by atoms with Gasteiger partial charge in [-0.15, -0.1) is 0 Å². The first-order valence-electron chi connectivity index (χ1n) is 11.7. The van der Waals surface area contributed by atoms with Gasteiger partial charge < -0.3 is 4.74 Å². The minimum absolute atomic E-state index is 0.621. The largest absolute Gasteiger partial charge is 0.489 e. The van der Waals surface area contributed by atoms with Crippen LogP contribution in [-0.4, -0.2) is 34.2 Å². The molecule has 0 bridgehead atoms. The third kappa shape index (κ3) is 4.54. The van der Waals surface area contributed by atoms with Crippen molar-refractivity contribution in [2.45, 2.75) is 58.6 Å². The molecular weight excluding hydrogens is 382 g/mol. The first-order valence-corrected chi connectivity index (χ1v) is 11.7. The maximum atomic E-state index is 6.08. The molecule has 1 aromatic heterocycles. The number of H-pyrrole nitrogens is 1. The second-order valence-electron chi connectivity index (χ2n) is 9.43. The second kappa shape index (κ2) is 8.88. The summed E-state index contributed by atoms with van der Waals surface area (Å²) < 4.78 is 6.08. The van der Waals surface area contributed by atoms with Gasteiger partial charge in [0.25, 0.3) is 0 Å². The Kier molecular flexibility index (Phi) is 5.82. The number of hydrogen-bond donors (Lipinski definition) is 1. The van der Waals surface area contributed by atoms with E-state index < -0.39 is 0 Å². The first kappa shape index (κ1) is 20.3. The molecule has 2 aromatic carbocycles. The van der Waals surface area contributed by atoms with E-state index in [1.807, 2.05) is 12.3 Å². The Morgan fingerprint density at radius 1 is 1.10 bits per heavy atom. The SMILES string of the molecule is Cc1cc(OCc2ccccc2)cc(C)c1C[C@@H]1CCN(C2CCc3[nH]ncc3C2)C1. The van der Waals surface area contributed by atoms with Crippen molar-refractivity contribution in [2.75, 3.05) is 13.1 Å². The number of benzene rings is 2. The maximum Gasteiger partial charge on any atom is 0.120 e. The molecule has 2 heterocycles. The van der Waals surface area contributed by atoms with Gasteiger partial charge in [0.1, 0.15) is 12.4 Å². The lowest BCUT2D eigenvalue weighted by Gasteiger charge is -2.31. The summed E-state index contributed by atoms with van der Waals surface area (Å²) in [4.78, 5) is 2.74. The van der Waals surface area contributed by atoms with Crippen LogP contribution >= 0.6 is 0 Å². The summed E-state index contributed by atoms with van der Waals surface area (Å²) in [5, 5.41) is 7.41. The highest BCUT2D eigenvalue weighted by Gasteiger charge is 2.31. The van der Waals surface area contributed by atoms with Crippen molar-refractivity contribution in [1.29, 1.82) is 0 Å². The van der Waals surface area contributed by atoms with Gasteiger partial charge >= 0.3 is 0 Å². The van der Waals surface area contributed by atoms with Gasteiger partial charge in [-0.1, -0.05) is 30.3 Å². The number of nitrogens with zero attached hydrogens (tertiary/aromatic N) is 2. The van der Waals surface area contributed by atoms with Crippen molar-refractivity contribution in [1.82, 2.24) is 15.1 Å². The molecule has 1 aliphatic carbocycles. The predicted molar refractivity (Wildman–Crippen MR) is 124 cm³/mol. The van der Waals surface area contributed by atoms with Crippen LogP contribution < -0.4 is 4.74 Å². The Bertz CT molecular complexity index is 1000. The number of nitrogens with one attached hydrogen (secondary N) is 1. The normalized spacial score (nSPS) is 21.2. The van der Waals surface area contributed by atoms with Crippen LogP contribution in [-0.2, 0) is 25.9 Å². The lowest BCUT2D eigenvalue weighted by atomic mass is 9.91. The lowest BCUT2D eigenvalue weighted by molar-refractivity contribution is 0.213. The molecule has 0 amide bonds. The summed E-state index contributed by atoms with van der Waals surface area (Å²) in [5.41, 5.74) is 8.23. The van der Waals surface area contributed by atoms with Crippen molar-refractivity contribution < 1.29 is 4.74 Å². The van der Waals surface area contributed by atoms with Gasteiger partial charge in [-0.05, 0) is 98.4 Å². The molecule has 4 nitrogen and oxygen atoms in total. The van der Waals surface area contributed by atoms with Crippen LogP contribution in [0.15, 0.2) is 48.7 Å². The summed E-state index contributed by atoms with van der Waals surface area (Å²) in [5.74, 6) is 1.73. The fraction of sp³-hybridized carbons (Fsp3) is 0.444. The van der Waals surface area contributed by atoms with Crippen molar-refractivity contribution in [3.63, 3.8) is 0 Å². The molecule has 2 aliphatic rings. The smallest absolute Gasteiger partial charge is 0.120 e. The number of ether oxygens (including phenoxy) is 1. The van der Waals surface area contributed by atoms with Gasteiger partial charge in [0.15, 0.2) is 0 Å². The van der Waals surface area contributed by atoms with E-state index in [1.54, 1.807) is 0 Å². The van der Waals surface area contributed by atoms with Crippen molar-refractivity contribution in [3.8, 4) is 5.75 Å². The Morgan fingerprint density at radius 3 is 2.71 bits per heavy atom. The van der Waals surface area contributed by atoms with E-state index >= 15 is 0 Å². The second-order valence-corrected chi connectivity index (χ2v) is 9.43.